The lowest BCUT2D eigenvalue weighted by Gasteiger charge is -2.15. The number of aromatic amines is 1. The van der Waals surface area contributed by atoms with Gasteiger partial charge in [0.1, 0.15) is 10.7 Å². The summed E-state index contributed by atoms with van der Waals surface area (Å²) >= 11 is 0. The van der Waals surface area contributed by atoms with Gasteiger partial charge in [0.25, 0.3) is 0 Å². The normalized spacial score (nSPS) is 15.5. The SMILES string of the molecule is O=c1c2[nH]n(O)n(CCc3ccc(C4CCCCCC4)cc3)c=2c(=O)c2ccccc12. The molecular weight excluding hydrogens is 390 g/mol. The number of hydrogen-bond acceptors (Lipinski definition) is 3. The average molecular weight is 418 g/mol. The van der Waals surface area contributed by atoms with Crippen molar-refractivity contribution >= 4 is 10.8 Å². The van der Waals surface area contributed by atoms with Gasteiger partial charge in [-0.25, -0.2) is 9.78 Å². The maximum absolute atomic E-state index is 13.0. The van der Waals surface area contributed by atoms with Crippen molar-refractivity contribution in [2.45, 2.75) is 57.4 Å². The van der Waals surface area contributed by atoms with E-state index in [4.69, 9.17) is 0 Å². The molecule has 0 saturated heterocycles. The zero-order valence-electron chi connectivity index (χ0n) is 17.5. The van der Waals surface area contributed by atoms with Gasteiger partial charge in [0.2, 0.25) is 10.9 Å². The van der Waals surface area contributed by atoms with Crippen LogP contribution in [0, 0.1) is 10.7 Å². The van der Waals surface area contributed by atoms with Gasteiger partial charge in [-0.1, -0.05) is 79.2 Å². The van der Waals surface area contributed by atoms with Gasteiger partial charge in [0.05, 0.1) is 0 Å². The van der Waals surface area contributed by atoms with Crippen LogP contribution < -0.4 is 10.9 Å². The van der Waals surface area contributed by atoms with Crippen LogP contribution in [0.1, 0.15) is 55.6 Å². The first-order valence-electron chi connectivity index (χ1n) is 11.2. The number of benzene rings is 2. The Hall–Kier alpha value is -3.28. The van der Waals surface area contributed by atoms with Crippen molar-refractivity contribution in [1.82, 2.24) is 14.7 Å². The van der Waals surface area contributed by atoms with Crippen molar-refractivity contribution < 1.29 is 5.21 Å². The fraction of sp³-hybridized carbons (Fsp3) is 0.360. The maximum Gasteiger partial charge on any atom is 0.214 e. The highest BCUT2D eigenvalue weighted by molar-refractivity contribution is 5.81. The fourth-order valence-corrected chi connectivity index (χ4v) is 4.98. The van der Waals surface area contributed by atoms with Crippen LogP contribution in [0.3, 0.4) is 0 Å². The lowest BCUT2D eigenvalue weighted by Crippen LogP contribution is -2.20. The Bertz CT molecular complexity index is 1390. The first-order valence-corrected chi connectivity index (χ1v) is 11.2. The van der Waals surface area contributed by atoms with E-state index in [2.05, 4.69) is 29.4 Å². The second kappa shape index (κ2) is 8.10. The van der Waals surface area contributed by atoms with E-state index in [0.717, 1.165) is 10.5 Å². The lowest BCUT2D eigenvalue weighted by atomic mass is 9.91. The molecule has 2 N–H and O–H groups in total. The number of fused-ring (bicyclic) bond motifs is 1. The molecule has 6 nitrogen and oxygen atoms in total. The largest absolute Gasteiger partial charge is 0.399 e. The van der Waals surface area contributed by atoms with E-state index in [1.165, 1.54) is 48.8 Å². The molecule has 160 valence electrons. The van der Waals surface area contributed by atoms with Crippen LogP contribution in [0.15, 0.2) is 58.1 Å². The van der Waals surface area contributed by atoms with E-state index in [1.807, 2.05) is 0 Å². The molecule has 0 amide bonds. The number of rotatable bonds is 4. The lowest BCUT2D eigenvalue weighted by molar-refractivity contribution is 0.0698. The number of nitrogens with one attached hydrogen (secondary N) is 1. The summed E-state index contributed by atoms with van der Waals surface area (Å²) in [6, 6.07) is 15.5. The second-order valence-corrected chi connectivity index (χ2v) is 8.63. The predicted molar refractivity (Wildman–Crippen MR) is 120 cm³/mol. The molecule has 0 radical (unpaired) electrons. The topological polar surface area (TPSA) is 80.0 Å². The highest BCUT2D eigenvalue weighted by atomic mass is 16.5. The molecule has 2 aliphatic carbocycles. The number of hydrogen-bond donors (Lipinski definition) is 2. The molecule has 0 atom stereocenters. The molecule has 2 aromatic rings. The van der Waals surface area contributed by atoms with Crippen molar-refractivity contribution in [3.63, 3.8) is 0 Å². The molecule has 2 aromatic carbocycles. The van der Waals surface area contributed by atoms with Gasteiger partial charge < -0.3 is 5.21 Å². The molecule has 0 unspecified atom stereocenters. The van der Waals surface area contributed by atoms with Crippen molar-refractivity contribution in [1.29, 1.82) is 0 Å². The van der Waals surface area contributed by atoms with E-state index >= 15 is 0 Å². The maximum atomic E-state index is 13.0. The Balaban J connectivity index is 1.44. The summed E-state index contributed by atoms with van der Waals surface area (Å²) in [4.78, 5) is 26.6. The van der Waals surface area contributed by atoms with Gasteiger partial charge in [0.15, 0.2) is 0 Å². The molecule has 0 spiro atoms. The van der Waals surface area contributed by atoms with Gasteiger partial charge in [-0.2, -0.15) is 0 Å². The van der Waals surface area contributed by atoms with Gasteiger partial charge >= 0.3 is 0 Å². The molecule has 1 saturated carbocycles. The van der Waals surface area contributed by atoms with E-state index in [1.54, 1.807) is 24.3 Å². The van der Waals surface area contributed by atoms with Crippen molar-refractivity contribution in [2.75, 3.05) is 0 Å². The Morgan fingerprint density at radius 1 is 0.871 bits per heavy atom. The number of aryl methyl sites for hydroxylation is 1. The van der Waals surface area contributed by atoms with Gasteiger partial charge in [-0.15, -0.1) is 0 Å². The zero-order valence-corrected chi connectivity index (χ0v) is 17.5. The van der Waals surface area contributed by atoms with E-state index in [-0.39, 0.29) is 21.6 Å². The molecule has 6 heteroatoms. The summed E-state index contributed by atoms with van der Waals surface area (Å²) < 4.78 is 1.45. The summed E-state index contributed by atoms with van der Waals surface area (Å²) in [6.07, 6.45) is 8.50. The zero-order chi connectivity index (χ0) is 21.4. The van der Waals surface area contributed by atoms with Crippen molar-refractivity contribution in [3.8, 4) is 0 Å². The molecule has 5 rings (SSSR count). The summed E-state index contributed by atoms with van der Waals surface area (Å²) in [5, 5.41) is 14.1. The monoisotopic (exact) mass is 417 g/mol. The third-order valence-electron chi connectivity index (χ3n) is 6.71. The fourth-order valence-electron chi connectivity index (χ4n) is 4.98. The first kappa shape index (κ1) is 19.7. The molecule has 1 aliphatic heterocycles. The van der Waals surface area contributed by atoms with Gasteiger partial charge in [-0.3, -0.25) is 9.59 Å². The summed E-state index contributed by atoms with van der Waals surface area (Å²) in [5.41, 5.74) is 2.01. The van der Waals surface area contributed by atoms with Crippen LogP contribution in [0.2, 0.25) is 0 Å². The molecule has 1 heterocycles. The van der Waals surface area contributed by atoms with Crippen molar-refractivity contribution in [3.05, 3.63) is 90.8 Å². The number of aromatic nitrogens is 3. The molecule has 1 fully saturated rings. The van der Waals surface area contributed by atoms with E-state index in [0.29, 0.717) is 29.7 Å². The van der Waals surface area contributed by atoms with E-state index < -0.39 is 0 Å². The number of H-pyrrole nitrogens is 1. The molecule has 3 aliphatic rings. The third-order valence-corrected chi connectivity index (χ3v) is 6.71. The standard InChI is InChI=1S/C25H27N3O3/c29-24-20-9-5-6-10-21(20)25(30)23-22(24)26-28(31)27(23)16-15-17-11-13-19(14-12-17)18-7-3-1-2-4-8-18/h5-6,9-14,18,26,31H,1-4,7-8,15-16H2. The minimum atomic E-state index is -0.278. The first-order chi connectivity index (χ1) is 15.1. The van der Waals surface area contributed by atoms with Crippen LogP contribution in [0.25, 0.3) is 10.8 Å². The van der Waals surface area contributed by atoms with Crippen LogP contribution in [-0.4, -0.2) is 19.9 Å². The quantitative estimate of drug-likeness (QED) is 0.387. The molecular formula is C25H27N3O3. The van der Waals surface area contributed by atoms with Gasteiger partial charge in [0, 0.05) is 17.3 Å². The van der Waals surface area contributed by atoms with Crippen LogP contribution in [-0.2, 0) is 13.0 Å². The highest BCUT2D eigenvalue weighted by Gasteiger charge is 2.16. The smallest absolute Gasteiger partial charge is 0.214 e. The average Bonchev–Trinajstić information content (AvgIpc) is 2.95. The Kier molecular flexibility index (Phi) is 5.14. The molecule has 0 aromatic heterocycles. The van der Waals surface area contributed by atoms with Gasteiger partial charge in [-0.05, 0) is 36.3 Å². The summed E-state index contributed by atoms with van der Waals surface area (Å²) in [5.74, 6) is 0.658. The predicted octanol–water partition coefficient (Wildman–Crippen LogP) is 4.13. The number of nitrogens with zero attached hydrogens (tertiary/aromatic N) is 2. The summed E-state index contributed by atoms with van der Waals surface area (Å²) in [7, 11) is 0. The Morgan fingerprint density at radius 3 is 2.19 bits per heavy atom. The third kappa shape index (κ3) is 3.56. The van der Waals surface area contributed by atoms with Crippen LogP contribution in [0.5, 0.6) is 0 Å². The second-order valence-electron chi connectivity index (χ2n) is 8.63. The highest BCUT2D eigenvalue weighted by Crippen LogP contribution is 2.31. The molecule has 0 bridgehead atoms. The van der Waals surface area contributed by atoms with E-state index in [9.17, 15) is 14.8 Å². The molecule has 31 heavy (non-hydrogen) atoms. The Labute approximate surface area is 179 Å². The minimum absolute atomic E-state index is 0.134. The minimum Gasteiger partial charge on any atom is -0.399 e. The summed E-state index contributed by atoms with van der Waals surface area (Å²) in [6.45, 7) is 0.381. The van der Waals surface area contributed by atoms with Crippen LogP contribution >= 0.6 is 0 Å². The van der Waals surface area contributed by atoms with Crippen LogP contribution in [0.4, 0.5) is 0 Å². The van der Waals surface area contributed by atoms with Crippen molar-refractivity contribution in [2.24, 2.45) is 0 Å². The Morgan fingerprint density at radius 2 is 1.52 bits per heavy atom.